The van der Waals surface area contributed by atoms with Crippen molar-refractivity contribution in [1.29, 1.82) is 0 Å². The van der Waals surface area contributed by atoms with Gasteiger partial charge in [-0.15, -0.1) is 0 Å². The number of carbonyl (C=O) groups excluding carboxylic acids is 2. The lowest BCUT2D eigenvalue weighted by Gasteiger charge is -2.31. The minimum absolute atomic E-state index is 0.0601. The highest BCUT2D eigenvalue weighted by Gasteiger charge is 2.30. The minimum atomic E-state index is -1.66. The van der Waals surface area contributed by atoms with Gasteiger partial charge in [-0.2, -0.15) is 0 Å². The number of quaternary nitrogens is 1. The van der Waals surface area contributed by atoms with E-state index in [1.54, 1.807) is 30.3 Å². The first-order chi connectivity index (χ1) is 13.9. The Morgan fingerprint density at radius 1 is 1.03 bits per heavy atom. The molecular weight excluding hydrogens is 368 g/mol. The van der Waals surface area contributed by atoms with Crippen LogP contribution in [-0.4, -0.2) is 18.1 Å². The number of carboxylic acids is 1. The van der Waals surface area contributed by atoms with Gasteiger partial charge in [0.1, 0.15) is 12.1 Å². The number of hydrogen-bond acceptors (Lipinski definition) is 4. The van der Waals surface area contributed by atoms with Crippen molar-refractivity contribution in [3.8, 4) is 0 Å². The van der Waals surface area contributed by atoms with Gasteiger partial charge in [-0.25, -0.2) is 4.79 Å². The zero-order valence-electron chi connectivity index (χ0n) is 16.9. The zero-order chi connectivity index (χ0) is 21.1. The van der Waals surface area contributed by atoms with Crippen molar-refractivity contribution in [3.63, 3.8) is 0 Å². The number of hydrogen-bond donors (Lipinski definition) is 2. The summed E-state index contributed by atoms with van der Waals surface area (Å²) in [6, 6.07) is 18.2. The van der Waals surface area contributed by atoms with Crippen LogP contribution in [0.1, 0.15) is 50.2 Å². The number of nitrogens with one attached hydrogen (secondary N) is 1. The van der Waals surface area contributed by atoms with E-state index in [0.29, 0.717) is 5.56 Å². The molecule has 0 aliphatic heterocycles. The van der Waals surface area contributed by atoms with Crippen molar-refractivity contribution in [3.05, 3.63) is 71.8 Å². The van der Waals surface area contributed by atoms with Crippen molar-refractivity contribution in [2.24, 2.45) is 0 Å². The summed E-state index contributed by atoms with van der Waals surface area (Å²) in [6.45, 7) is 1.42. The molecule has 0 bridgehead atoms. The molecule has 1 saturated carbocycles. The minimum Gasteiger partial charge on any atom is -0.547 e. The summed E-state index contributed by atoms with van der Waals surface area (Å²) in [5.41, 5.74) is 3.56. The lowest BCUT2D eigenvalue weighted by atomic mass is 9.92. The molecule has 4 N–H and O–H groups in total. The number of amides is 1. The molecule has 1 aliphatic rings. The molecule has 1 unspecified atom stereocenters. The van der Waals surface area contributed by atoms with E-state index in [2.05, 4.69) is 11.1 Å². The third kappa shape index (κ3) is 7.23. The molecule has 6 heteroatoms. The number of carboxylic acid groups (broad SMARTS) is 1. The maximum Gasteiger partial charge on any atom is 0.408 e. The highest BCUT2D eigenvalue weighted by Crippen LogP contribution is 2.20. The van der Waals surface area contributed by atoms with Gasteiger partial charge in [-0.05, 0) is 43.7 Å². The maximum absolute atomic E-state index is 11.9. The molecular formula is C23H30N2O4. The topological polar surface area (TPSA) is 106 Å². The van der Waals surface area contributed by atoms with Crippen LogP contribution in [0.15, 0.2) is 60.7 Å². The Labute approximate surface area is 172 Å². The zero-order valence-corrected chi connectivity index (χ0v) is 16.9. The molecule has 0 heterocycles. The Kier molecular flexibility index (Phi) is 8.68. The number of ether oxygens (including phenoxy) is 1. The van der Waals surface area contributed by atoms with E-state index < -0.39 is 17.6 Å². The summed E-state index contributed by atoms with van der Waals surface area (Å²) < 4.78 is 5.05. The van der Waals surface area contributed by atoms with E-state index >= 15 is 0 Å². The van der Waals surface area contributed by atoms with Crippen molar-refractivity contribution in [2.75, 3.05) is 0 Å². The fourth-order valence-electron chi connectivity index (χ4n) is 3.16. The predicted octanol–water partition coefficient (Wildman–Crippen LogP) is 2.14. The van der Waals surface area contributed by atoms with Crippen LogP contribution in [0.3, 0.4) is 0 Å². The van der Waals surface area contributed by atoms with Crippen molar-refractivity contribution in [1.82, 2.24) is 5.32 Å². The summed E-state index contributed by atoms with van der Waals surface area (Å²) in [7, 11) is 0. The summed E-state index contributed by atoms with van der Waals surface area (Å²) in [4.78, 5) is 23.3. The number of aliphatic carboxylic acids is 1. The first-order valence-electron chi connectivity index (χ1n) is 10.0. The molecule has 29 heavy (non-hydrogen) atoms. The normalized spacial score (nSPS) is 15.9. The average Bonchev–Trinajstić information content (AvgIpc) is 2.74. The summed E-state index contributed by atoms with van der Waals surface area (Å²) in [5, 5.41) is 13.8. The quantitative estimate of drug-likeness (QED) is 0.805. The molecule has 3 rings (SSSR count). The van der Waals surface area contributed by atoms with Crippen LogP contribution in [0.2, 0.25) is 0 Å². The molecule has 2 aromatic carbocycles. The van der Waals surface area contributed by atoms with Gasteiger partial charge in [-0.3, -0.25) is 0 Å². The molecule has 1 atom stereocenters. The van der Waals surface area contributed by atoms with Crippen LogP contribution in [-0.2, 0) is 21.7 Å². The number of alkyl carbamates (subject to hydrolysis) is 1. The lowest BCUT2D eigenvalue weighted by Crippen LogP contribution is -2.61. The second-order valence-electron chi connectivity index (χ2n) is 7.47. The van der Waals surface area contributed by atoms with Crippen molar-refractivity contribution in [2.45, 2.75) is 57.2 Å². The molecule has 0 aromatic heterocycles. The fourth-order valence-corrected chi connectivity index (χ4v) is 3.16. The molecule has 156 valence electrons. The van der Waals surface area contributed by atoms with Crippen LogP contribution < -0.4 is 16.2 Å². The van der Waals surface area contributed by atoms with E-state index in [0.717, 1.165) is 11.6 Å². The average molecular weight is 399 g/mol. The highest BCUT2D eigenvalue weighted by atomic mass is 16.5. The first-order valence-corrected chi connectivity index (χ1v) is 10.0. The Morgan fingerprint density at radius 2 is 1.59 bits per heavy atom. The lowest BCUT2D eigenvalue weighted by molar-refractivity contribution is -0.425. The van der Waals surface area contributed by atoms with Gasteiger partial charge in [-0.1, -0.05) is 67.1 Å². The van der Waals surface area contributed by atoms with E-state index in [1.807, 2.05) is 30.3 Å². The van der Waals surface area contributed by atoms with Crippen LogP contribution in [0.25, 0.3) is 0 Å². The second-order valence-corrected chi connectivity index (χ2v) is 7.47. The molecule has 1 fully saturated rings. The first kappa shape index (κ1) is 22.4. The van der Waals surface area contributed by atoms with E-state index in [-0.39, 0.29) is 6.61 Å². The summed E-state index contributed by atoms with van der Waals surface area (Å²) in [5.74, 6) is -1.41. The summed E-state index contributed by atoms with van der Waals surface area (Å²) in [6.07, 6.45) is 6.23. The molecule has 2 aromatic rings. The van der Waals surface area contributed by atoms with Gasteiger partial charge in [0.2, 0.25) is 0 Å². The number of carbonyl (C=O) groups is 2. The Bertz CT molecular complexity index is 761. The van der Waals surface area contributed by atoms with E-state index in [1.165, 1.54) is 39.0 Å². The van der Waals surface area contributed by atoms with Gasteiger partial charge in [0, 0.05) is 0 Å². The number of benzene rings is 2. The fraction of sp³-hybridized carbons (Fsp3) is 0.391. The van der Waals surface area contributed by atoms with Gasteiger partial charge in [0.25, 0.3) is 0 Å². The van der Waals surface area contributed by atoms with Gasteiger partial charge >= 0.3 is 6.09 Å². The molecule has 0 saturated heterocycles. The SMILES string of the molecule is CC(NC(=O)OCc1ccccc1)(C(=O)[O-])c1ccccc1.[NH3+]C1CCCCC1. The number of rotatable bonds is 5. The largest absolute Gasteiger partial charge is 0.547 e. The van der Waals surface area contributed by atoms with E-state index in [9.17, 15) is 14.7 Å². The maximum atomic E-state index is 11.9. The highest BCUT2D eigenvalue weighted by molar-refractivity contribution is 5.84. The molecule has 0 radical (unpaired) electrons. The predicted molar refractivity (Wildman–Crippen MR) is 108 cm³/mol. The molecule has 1 amide bonds. The van der Waals surface area contributed by atoms with E-state index in [4.69, 9.17) is 4.74 Å². The van der Waals surface area contributed by atoms with Gasteiger partial charge in [0.15, 0.2) is 0 Å². The van der Waals surface area contributed by atoms with Crippen LogP contribution in [0, 0.1) is 0 Å². The van der Waals surface area contributed by atoms with Crippen molar-refractivity contribution >= 4 is 12.1 Å². The standard InChI is InChI=1S/C17H17NO4.C6H13N/c1-17(15(19)20,14-10-6-3-7-11-14)18-16(21)22-12-13-8-4-2-5-9-13;7-6-4-2-1-3-5-6/h2-11H,12H2,1H3,(H,18,21)(H,19,20);6H,1-5,7H2. The summed E-state index contributed by atoms with van der Waals surface area (Å²) >= 11 is 0. The van der Waals surface area contributed by atoms with Gasteiger partial charge < -0.3 is 25.7 Å². The molecule has 0 spiro atoms. The monoisotopic (exact) mass is 398 g/mol. The Hall–Kier alpha value is -2.86. The third-order valence-electron chi connectivity index (χ3n) is 5.05. The molecule has 1 aliphatic carbocycles. The van der Waals surface area contributed by atoms with Crippen molar-refractivity contribution < 1.29 is 25.2 Å². The second kappa shape index (κ2) is 11.2. The van der Waals surface area contributed by atoms with Crippen LogP contribution in [0.4, 0.5) is 4.79 Å². The van der Waals surface area contributed by atoms with Gasteiger partial charge in [0.05, 0.1) is 12.0 Å². The molecule has 6 nitrogen and oxygen atoms in total. The third-order valence-corrected chi connectivity index (χ3v) is 5.05. The Morgan fingerprint density at radius 3 is 2.07 bits per heavy atom. The van der Waals surface area contributed by atoms with Crippen LogP contribution in [0.5, 0.6) is 0 Å². The van der Waals surface area contributed by atoms with Crippen LogP contribution >= 0.6 is 0 Å². The Balaban J connectivity index is 0.000000360. The smallest absolute Gasteiger partial charge is 0.408 e.